The number of anilines is 1. The predicted molar refractivity (Wildman–Crippen MR) is 106 cm³/mol. The lowest BCUT2D eigenvalue weighted by Gasteiger charge is -2.09. The van der Waals surface area contributed by atoms with Crippen molar-refractivity contribution < 1.29 is 22.7 Å². The van der Waals surface area contributed by atoms with E-state index in [-0.39, 0.29) is 16.3 Å². The third-order valence-corrected chi connectivity index (χ3v) is 5.20. The van der Waals surface area contributed by atoms with E-state index < -0.39 is 15.8 Å². The van der Waals surface area contributed by atoms with Gasteiger partial charge < -0.3 is 9.84 Å². The van der Waals surface area contributed by atoms with Gasteiger partial charge in [0.2, 0.25) is 0 Å². The molecular weight excluding hydrogens is 383 g/mol. The first-order valence-corrected chi connectivity index (χ1v) is 9.66. The van der Waals surface area contributed by atoms with E-state index in [1.54, 1.807) is 18.2 Å². The largest absolute Gasteiger partial charge is 0.507 e. The van der Waals surface area contributed by atoms with E-state index in [0.717, 1.165) is 0 Å². The second-order valence-corrected chi connectivity index (χ2v) is 7.45. The molecule has 0 amide bonds. The normalized spacial score (nSPS) is 11.5. The summed E-state index contributed by atoms with van der Waals surface area (Å²) in [5, 5.41) is 9.89. The molecular formula is C20H17FN2O4S. The highest BCUT2D eigenvalue weighted by atomic mass is 32.2. The number of rotatable bonds is 6. The fourth-order valence-electron chi connectivity index (χ4n) is 2.39. The number of phenolic OH excluding ortho intramolecular Hbond substituents is 1. The number of benzene rings is 3. The molecule has 0 spiro atoms. The molecule has 0 heterocycles. The Morgan fingerprint density at radius 2 is 1.86 bits per heavy atom. The maximum atomic E-state index is 13.7. The van der Waals surface area contributed by atoms with Crippen LogP contribution in [0.15, 0.2) is 76.6 Å². The molecule has 2 N–H and O–H groups in total. The lowest BCUT2D eigenvalue weighted by Crippen LogP contribution is -2.13. The zero-order chi connectivity index (χ0) is 20.1. The molecule has 6 nitrogen and oxygen atoms in total. The van der Waals surface area contributed by atoms with Crippen molar-refractivity contribution in [3.63, 3.8) is 0 Å². The lowest BCUT2D eigenvalue weighted by atomic mass is 10.2. The van der Waals surface area contributed by atoms with E-state index in [2.05, 4.69) is 9.71 Å². The summed E-state index contributed by atoms with van der Waals surface area (Å²) in [6, 6.07) is 16.0. The van der Waals surface area contributed by atoms with E-state index in [0.29, 0.717) is 17.0 Å². The Hall–Kier alpha value is -3.39. The molecule has 0 saturated heterocycles. The number of methoxy groups -OCH3 is 1. The number of nitrogens with one attached hydrogen (secondary N) is 1. The van der Waals surface area contributed by atoms with Crippen LogP contribution < -0.4 is 9.46 Å². The Morgan fingerprint density at radius 3 is 2.61 bits per heavy atom. The Labute approximate surface area is 162 Å². The average molecular weight is 400 g/mol. The topological polar surface area (TPSA) is 88.0 Å². The van der Waals surface area contributed by atoms with Crippen molar-refractivity contribution in [2.24, 2.45) is 4.99 Å². The fraction of sp³-hybridized carbons (Fsp3) is 0.0500. The number of nitrogens with zero attached hydrogens (tertiary/aromatic N) is 1. The van der Waals surface area contributed by atoms with Gasteiger partial charge in [0.25, 0.3) is 10.0 Å². The predicted octanol–water partition coefficient (Wildman–Crippen LogP) is 4.09. The molecule has 3 rings (SSSR count). The molecule has 8 heteroatoms. The van der Waals surface area contributed by atoms with Gasteiger partial charge in [-0.3, -0.25) is 9.71 Å². The zero-order valence-electron chi connectivity index (χ0n) is 14.8. The number of aromatic hydroxyl groups is 1. The zero-order valence-corrected chi connectivity index (χ0v) is 15.7. The van der Waals surface area contributed by atoms with Crippen LogP contribution in [0.2, 0.25) is 0 Å². The highest BCUT2D eigenvalue weighted by molar-refractivity contribution is 7.92. The minimum Gasteiger partial charge on any atom is -0.507 e. The SMILES string of the molecule is COc1ccc(O)c(C=Nc2cccc(S(=O)(=O)Nc3ccccc3F)c2)c1. The van der Waals surface area contributed by atoms with Gasteiger partial charge in [-0.15, -0.1) is 0 Å². The maximum Gasteiger partial charge on any atom is 0.262 e. The Kier molecular flexibility index (Phi) is 5.60. The van der Waals surface area contributed by atoms with E-state index >= 15 is 0 Å². The molecule has 0 fully saturated rings. The summed E-state index contributed by atoms with van der Waals surface area (Å²) in [7, 11) is -2.49. The van der Waals surface area contributed by atoms with Crippen LogP contribution in [0.1, 0.15) is 5.56 Å². The fourth-order valence-corrected chi connectivity index (χ4v) is 3.49. The van der Waals surface area contributed by atoms with Crippen molar-refractivity contribution in [3.05, 3.63) is 78.1 Å². The highest BCUT2D eigenvalue weighted by Gasteiger charge is 2.16. The number of hydrogen-bond donors (Lipinski definition) is 2. The molecule has 0 atom stereocenters. The van der Waals surface area contributed by atoms with Crippen LogP contribution in [-0.4, -0.2) is 26.8 Å². The molecule has 0 bridgehead atoms. The van der Waals surface area contributed by atoms with Crippen molar-refractivity contribution in [1.29, 1.82) is 0 Å². The van der Waals surface area contributed by atoms with Crippen molar-refractivity contribution >= 4 is 27.6 Å². The van der Waals surface area contributed by atoms with Crippen molar-refractivity contribution in [1.82, 2.24) is 0 Å². The van der Waals surface area contributed by atoms with Gasteiger partial charge >= 0.3 is 0 Å². The average Bonchev–Trinajstić information content (AvgIpc) is 2.69. The summed E-state index contributed by atoms with van der Waals surface area (Å²) in [5.74, 6) is -0.118. The lowest BCUT2D eigenvalue weighted by molar-refractivity contribution is 0.412. The third kappa shape index (κ3) is 4.47. The summed E-state index contributed by atoms with van der Waals surface area (Å²) in [5.41, 5.74) is 0.619. The molecule has 0 aliphatic carbocycles. The molecule has 0 aliphatic heterocycles. The van der Waals surface area contributed by atoms with Crippen LogP contribution in [0.3, 0.4) is 0 Å². The quantitative estimate of drug-likeness (QED) is 0.610. The molecule has 3 aromatic carbocycles. The summed E-state index contributed by atoms with van der Waals surface area (Å²) in [6.45, 7) is 0. The number of para-hydroxylation sites is 1. The number of halogens is 1. The Bertz CT molecular complexity index is 1130. The number of ether oxygens (including phenoxy) is 1. The van der Waals surface area contributed by atoms with Crippen molar-refractivity contribution in [3.8, 4) is 11.5 Å². The van der Waals surface area contributed by atoms with E-state index in [9.17, 15) is 17.9 Å². The van der Waals surface area contributed by atoms with Gasteiger partial charge in [-0.2, -0.15) is 0 Å². The molecule has 3 aromatic rings. The number of hydrogen-bond acceptors (Lipinski definition) is 5. The van der Waals surface area contributed by atoms with Gasteiger partial charge in [0.15, 0.2) is 0 Å². The van der Waals surface area contributed by atoms with Crippen molar-refractivity contribution in [2.75, 3.05) is 11.8 Å². The highest BCUT2D eigenvalue weighted by Crippen LogP contribution is 2.24. The van der Waals surface area contributed by atoms with Gasteiger partial charge in [-0.1, -0.05) is 18.2 Å². The Balaban J connectivity index is 1.87. The van der Waals surface area contributed by atoms with Crippen LogP contribution in [0, 0.1) is 5.82 Å². The van der Waals surface area contributed by atoms with Crippen LogP contribution in [0.25, 0.3) is 0 Å². The van der Waals surface area contributed by atoms with Crippen LogP contribution >= 0.6 is 0 Å². The summed E-state index contributed by atoms with van der Waals surface area (Å²) in [4.78, 5) is 4.14. The maximum absolute atomic E-state index is 13.7. The first-order chi connectivity index (χ1) is 13.4. The molecule has 144 valence electrons. The van der Waals surface area contributed by atoms with E-state index in [1.165, 1.54) is 61.9 Å². The van der Waals surface area contributed by atoms with Gasteiger partial charge in [-0.25, -0.2) is 12.8 Å². The number of aliphatic imine (C=N–C) groups is 1. The van der Waals surface area contributed by atoms with Crippen LogP contribution in [0.5, 0.6) is 11.5 Å². The summed E-state index contributed by atoms with van der Waals surface area (Å²) in [6.07, 6.45) is 1.40. The van der Waals surface area contributed by atoms with E-state index in [1.807, 2.05) is 0 Å². The minimum absolute atomic E-state index is 0.00884. The molecule has 0 unspecified atom stereocenters. The van der Waals surface area contributed by atoms with Gasteiger partial charge in [0, 0.05) is 11.8 Å². The second kappa shape index (κ2) is 8.10. The van der Waals surface area contributed by atoms with Crippen LogP contribution in [-0.2, 0) is 10.0 Å². The smallest absolute Gasteiger partial charge is 0.262 e. The number of sulfonamides is 1. The van der Waals surface area contributed by atoms with Gasteiger partial charge in [0.05, 0.1) is 23.4 Å². The van der Waals surface area contributed by atoms with Crippen molar-refractivity contribution in [2.45, 2.75) is 4.90 Å². The third-order valence-electron chi connectivity index (χ3n) is 3.83. The molecule has 28 heavy (non-hydrogen) atoms. The number of phenols is 1. The second-order valence-electron chi connectivity index (χ2n) is 5.77. The minimum atomic E-state index is -3.99. The molecule has 0 saturated carbocycles. The standard InChI is InChI=1S/C20H17FN2O4S/c1-27-16-9-10-20(24)14(11-16)13-22-15-5-4-6-17(12-15)28(25,26)23-19-8-3-2-7-18(19)21/h2-13,23-24H,1H3. The summed E-state index contributed by atoms with van der Waals surface area (Å²) >= 11 is 0. The Morgan fingerprint density at radius 1 is 1.07 bits per heavy atom. The first-order valence-electron chi connectivity index (χ1n) is 8.17. The summed E-state index contributed by atoms with van der Waals surface area (Å²) < 4.78 is 46.1. The van der Waals surface area contributed by atoms with Gasteiger partial charge in [-0.05, 0) is 48.5 Å². The molecule has 0 radical (unpaired) electrons. The monoisotopic (exact) mass is 400 g/mol. The van der Waals surface area contributed by atoms with E-state index in [4.69, 9.17) is 4.74 Å². The molecule has 0 aliphatic rings. The first kappa shape index (κ1) is 19.4. The van der Waals surface area contributed by atoms with Gasteiger partial charge in [0.1, 0.15) is 17.3 Å². The van der Waals surface area contributed by atoms with Crippen LogP contribution in [0.4, 0.5) is 15.8 Å². The molecule has 0 aromatic heterocycles.